The lowest BCUT2D eigenvalue weighted by Crippen LogP contribution is -2.60. The second-order valence-corrected chi connectivity index (χ2v) is 7.47. The van der Waals surface area contributed by atoms with Crippen molar-refractivity contribution >= 4 is 5.96 Å². The first kappa shape index (κ1) is 19.2. The van der Waals surface area contributed by atoms with Gasteiger partial charge in [0.05, 0.1) is 13.2 Å². The smallest absolute Gasteiger partial charge is 0.191 e. The number of benzene rings is 1. The molecule has 2 N–H and O–H groups in total. The molecule has 0 atom stereocenters. The van der Waals surface area contributed by atoms with Gasteiger partial charge in [0.25, 0.3) is 0 Å². The molecule has 2 aliphatic rings. The number of rotatable bonds is 6. The molecule has 1 heterocycles. The van der Waals surface area contributed by atoms with Gasteiger partial charge < -0.3 is 15.4 Å². The van der Waals surface area contributed by atoms with Gasteiger partial charge in [0.2, 0.25) is 0 Å². The quantitative estimate of drug-likeness (QED) is 0.606. The minimum atomic E-state index is 0.263. The summed E-state index contributed by atoms with van der Waals surface area (Å²) in [6, 6.07) is 10.6. The second kappa shape index (κ2) is 9.93. The lowest BCUT2D eigenvalue weighted by Gasteiger charge is -2.48. The maximum absolute atomic E-state index is 5.58. The number of guanidine groups is 1. The van der Waals surface area contributed by atoms with Gasteiger partial charge in [0, 0.05) is 38.8 Å². The van der Waals surface area contributed by atoms with Crippen molar-refractivity contribution in [2.24, 2.45) is 4.99 Å². The van der Waals surface area contributed by atoms with Gasteiger partial charge in [-0.2, -0.15) is 0 Å². The fraction of sp³-hybridized carbons (Fsp3) is 0.667. The summed E-state index contributed by atoms with van der Waals surface area (Å²) in [6.07, 6.45) is 7.60. The molecule has 1 aliphatic carbocycles. The molecule has 144 valence electrons. The van der Waals surface area contributed by atoms with Crippen LogP contribution in [0.4, 0.5) is 0 Å². The Hall–Kier alpha value is -1.59. The van der Waals surface area contributed by atoms with Crippen molar-refractivity contribution in [1.82, 2.24) is 15.5 Å². The summed E-state index contributed by atoms with van der Waals surface area (Å²) in [4.78, 5) is 7.10. The summed E-state index contributed by atoms with van der Waals surface area (Å²) in [5.41, 5.74) is 1.62. The maximum Gasteiger partial charge on any atom is 0.191 e. The zero-order chi connectivity index (χ0) is 18.1. The summed E-state index contributed by atoms with van der Waals surface area (Å²) in [5.74, 6) is 0.916. The third kappa shape index (κ3) is 5.21. The van der Waals surface area contributed by atoms with Gasteiger partial charge in [0.1, 0.15) is 0 Å². The zero-order valence-corrected chi connectivity index (χ0v) is 16.2. The van der Waals surface area contributed by atoms with Gasteiger partial charge in [-0.1, -0.05) is 49.6 Å². The molecule has 1 aromatic rings. The summed E-state index contributed by atoms with van der Waals surface area (Å²) >= 11 is 0. The first-order valence-corrected chi connectivity index (χ1v) is 10.1. The van der Waals surface area contributed by atoms with E-state index in [0.717, 1.165) is 51.8 Å². The normalized spacial score (nSPS) is 21.3. The van der Waals surface area contributed by atoms with E-state index in [4.69, 9.17) is 4.74 Å². The van der Waals surface area contributed by atoms with Crippen LogP contribution in [0.3, 0.4) is 0 Å². The molecular formula is C21H34N4O. The van der Waals surface area contributed by atoms with Gasteiger partial charge in [-0.05, 0) is 24.8 Å². The van der Waals surface area contributed by atoms with Crippen LogP contribution in [0.2, 0.25) is 0 Å². The Morgan fingerprint density at radius 2 is 1.81 bits per heavy atom. The SMILES string of the molecule is CN=C(NCCc1ccccc1)NCC1(N2CCOCC2)CCCCC1. The molecule has 26 heavy (non-hydrogen) atoms. The first-order chi connectivity index (χ1) is 12.8. The van der Waals surface area contributed by atoms with Crippen LogP contribution in [0.15, 0.2) is 35.3 Å². The third-order valence-electron chi connectivity index (χ3n) is 5.82. The number of nitrogens with zero attached hydrogens (tertiary/aromatic N) is 2. The second-order valence-electron chi connectivity index (χ2n) is 7.47. The molecule has 0 bridgehead atoms. The first-order valence-electron chi connectivity index (χ1n) is 10.1. The number of aliphatic imine (C=N–C) groups is 1. The summed E-state index contributed by atoms with van der Waals surface area (Å²) < 4.78 is 5.58. The molecular weight excluding hydrogens is 324 g/mol. The van der Waals surface area contributed by atoms with E-state index in [2.05, 4.69) is 50.9 Å². The summed E-state index contributed by atoms with van der Waals surface area (Å²) in [5, 5.41) is 7.09. The van der Waals surface area contributed by atoms with Crippen LogP contribution in [0.5, 0.6) is 0 Å². The van der Waals surface area contributed by atoms with E-state index < -0.39 is 0 Å². The average molecular weight is 359 g/mol. The van der Waals surface area contributed by atoms with Crippen LogP contribution in [0, 0.1) is 0 Å². The van der Waals surface area contributed by atoms with Crippen molar-refractivity contribution < 1.29 is 4.74 Å². The lowest BCUT2D eigenvalue weighted by molar-refractivity contribution is -0.0352. The highest BCUT2D eigenvalue weighted by Gasteiger charge is 2.38. The van der Waals surface area contributed by atoms with Crippen LogP contribution in [0.1, 0.15) is 37.7 Å². The van der Waals surface area contributed by atoms with E-state index in [-0.39, 0.29) is 5.54 Å². The summed E-state index contributed by atoms with van der Waals surface area (Å²) in [6.45, 7) is 5.72. The Bertz CT molecular complexity index is 548. The van der Waals surface area contributed by atoms with Crippen LogP contribution in [0.25, 0.3) is 0 Å². The van der Waals surface area contributed by atoms with E-state index in [0.29, 0.717) is 0 Å². The molecule has 0 spiro atoms. The molecule has 1 saturated carbocycles. The van der Waals surface area contributed by atoms with Gasteiger partial charge in [-0.15, -0.1) is 0 Å². The predicted molar refractivity (Wildman–Crippen MR) is 108 cm³/mol. The van der Waals surface area contributed by atoms with Gasteiger partial charge >= 0.3 is 0 Å². The molecule has 2 fully saturated rings. The number of hydrogen-bond acceptors (Lipinski definition) is 3. The molecule has 0 aromatic heterocycles. The van der Waals surface area contributed by atoms with E-state index in [1.165, 1.54) is 37.7 Å². The van der Waals surface area contributed by atoms with Gasteiger partial charge in [-0.3, -0.25) is 9.89 Å². The van der Waals surface area contributed by atoms with E-state index in [1.807, 2.05) is 7.05 Å². The number of hydrogen-bond donors (Lipinski definition) is 2. The van der Waals surface area contributed by atoms with Crippen molar-refractivity contribution in [2.45, 2.75) is 44.1 Å². The molecule has 1 saturated heterocycles. The highest BCUT2D eigenvalue weighted by Crippen LogP contribution is 2.33. The molecule has 3 rings (SSSR count). The number of ether oxygens (including phenoxy) is 1. The minimum absolute atomic E-state index is 0.263. The Labute approximate surface area is 158 Å². The van der Waals surface area contributed by atoms with Gasteiger partial charge in [0.15, 0.2) is 5.96 Å². The van der Waals surface area contributed by atoms with E-state index in [1.54, 1.807) is 0 Å². The molecule has 5 heteroatoms. The Morgan fingerprint density at radius 3 is 2.50 bits per heavy atom. The Kier molecular flexibility index (Phi) is 7.32. The number of morpholine rings is 1. The minimum Gasteiger partial charge on any atom is -0.379 e. The average Bonchev–Trinajstić information content (AvgIpc) is 2.72. The van der Waals surface area contributed by atoms with Gasteiger partial charge in [-0.25, -0.2) is 0 Å². The molecule has 5 nitrogen and oxygen atoms in total. The van der Waals surface area contributed by atoms with Crippen LogP contribution in [-0.2, 0) is 11.2 Å². The monoisotopic (exact) mass is 358 g/mol. The van der Waals surface area contributed by atoms with Crippen LogP contribution < -0.4 is 10.6 Å². The number of nitrogens with one attached hydrogen (secondary N) is 2. The highest BCUT2D eigenvalue weighted by molar-refractivity contribution is 5.79. The maximum atomic E-state index is 5.58. The predicted octanol–water partition coefficient (Wildman–Crippen LogP) is 2.43. The fourth-order valence-electron chi connectivity index (χ4n) is 4.29. The topological polar surface area (TPSA) is 48.9 Å². The largest absolute Gasteiger partial charge is 0.379 e. The van der Waals surface area contributed by atoms with Crippen LogP contribution in [-0.4, -0.2) is 62.8 Å². The lowest BCUT2D eigenvalue weighted by atomic mass is 9.80. The van der Waals surface area contributed by atoms with Crippen molar-refractivity contribution in [1.29, 1.82) is 0 Å². The Balaban J connectivity index is 1.51. The van der Waals surface area contributed by atoms with Crippen molar-refractivity contribution in [3.05, 3.63) is 35.9 Å². The molecule has 0 unspecified atom stereocenters. The Morgan fingerprint density at radius 1 is 1.08 bits per heavy atom. The standard InChI is InChI=1S/C21H34N4O/c1-22-20(23-13-10-19-8-4-2-5-9-19)24-18-21(11-6-3-7-12-21)25-14-16-26-17-15-25/h2,4-5,8-9H,3,6-7,10-18H2,1H3,(H2,22,23,24). The fourth-order valence-corrected chi connectivity index (χ4v) is 4.29. The van der Waals surface area contributed by atoms with E-state index in [9.17, 15) is 0 Å². The van der Waals surface area contributed by atoms with Crippen molar-refractivity contribution in [2.75, 3.05) is 46.4 Å². The highest BCUT2D eigenvalue weighted by atomic mass is 16.5. The zero-order valence-electron chi connectivity index (χ0n) is 16.2. The van der Waals surface area contributed by atoms with Crippen molar-refractivity contribution in [3.63, 3.8) is 0 Å². The molecule has 0 radical (unpaired) electrons. The molecule has 1 aliphatic heterocycles. The van der Waals surface area contributed by atoms with E-state index >= 15 is 0 Å². The van der Waals surface area contributed by atoms with Crippen molar-refractivity contribution in [3.8, 4) is 0 Å². The molecule has 1 aromatic carbocycles. The summed E-state index contributed by atoms with van der Waals surface area (Å²) in [7, 11) is 1.86. The van der Waals surface area contributed by atoms with Crippen LogP contribution >= 0.6 is 0 Å². The third-order valence-corrected chi connectivity index (χ3v) is 5.82. The molecule has 0 amide bonds.